The number of nitrogens with zero attached hydrogens (tertiary/aromatic N) is 5. The van der Waals surface area contributed by atoms with Crippen molar-refractivity contribution in [3.63, 3.8) is 0 Å². The molecule has 1 heterocycles. The number of aromatic amines is 1. The van der Waals surface area contributed by atoms with E-state index >= 15 is 0 Å². The first-order valence-electron chi connectivity index (χ1n) is 2.24. The van der Waals surface area contributed by atoms with Crippen LogP contribution in [-0.4, -0.2) is 14.9 Å². The van der Waals surface area contributed by atoms with E-state index in [1.165, 1.54) is 11.0 Å². The van der Waals surface area contributed by atoms with E-state index in [0.29, 0.717) is 4.77 Å². The Bertz CT molecular complexity index is 293. The largest absolute Gasteiger partial charge is 0.250 e. The number of nitrogens with one attached hydrogen (secondary N) is 2. The van der Waals surface area contributed by atoms with Crippen LogP contribution in [0.4, 0.5) is 0 Å². The molecule has 0 aliphatic heterocycles. The van der Waals surface area contributed by atoms with Crippen molar-refractivity contribution in [2.75, 3.05) is 0 Å². The quantitative estimate of drug-likeness (QED) is 0.382. The molecule has 0 fully saturated rings. The van der Waals surface area contributed by atoms with Crippen molar-refractivity contribution in [2.24, 2.45) is 15.7 Å². The van der Waals surface area contributed by atoms with Gasteiger partial charge in [-0.1, -0.05) is 0 Å². The highest BCUT2D eigenvalue weighted by Crippen LogP contribution is 1.86. The average molecular weight is 157 g/mol. The maximum Gasteiger partial charge on any atom is 0.217 e. The zero-order chi connectivity index (χ0) is 7.40. The summed E-state index contributed by atoms with van der Waals surface area (Å²) in [5.74, 6) is 0. The van der Waals surface area contributed by atoms with E-state index in [9.17, 15) is 0 Å². The van der Waals surface area contributed by atoms with Gasteiger partial charge in [0.1, 0.15) is 6.33 Å². The lowest BCUT2D eigenvalue weighted by atomic mass is 11.2. The topological polar surface area (TPSA) is 94.5 Å². The summed E-state index contributed by atoms with van der Waals surface area (Å²) in [4.78, 5) is 0. The third-order valence-corrected chi connectivity index (χ3v) is 0.995. The van der Waals surface area contributed by atoms with Gasteiger partial charge in [-0.3, -0.25) is 5.10 Å². The lowest BCUT2D eigenvalue weighted by Crippen LogP contribution is -1.81. The van der Waals surface area contributed by atoms with Crippen LogP contribution < -0.4 is 0 Å². The van der Waals surface area contributed by atoms with Crippen LogP contribution in [0.5, 0.6) is 0 Å². The van der Waals surface area contributed by atoms with E-state index in [4.69, 9.17) is 5.53 Å². The second-order valence-electron chi connectivity index (χ2n) is 1.28. The predicted octanol–water partition coefficient (Wildman–Crippen LogP) is 1.10. The van der Waals surface area contributed by atoms with Gasteiger partial charge in [0.05, 0.1) is 0 Å². The summed E-state index contributed by atoms with van der Waals surface area (Å²) in [5.41, 5.74) is 6.26. The molecule has 10 heavy (non-hydrogen) atoms. The lowest BCUT2D eigenvalue weighted by molar-refractivity contribution is 0.726. The van der Waals surface area contributed by atoms with Crippen molar-refractivity contribution < 1.29 is 0 Å². The van der Waals surface area contributed by atoms with Gasteiger partial charge in [0, 0.05) is 0 Å². The highest BCUT2D eigenvalue weighted by Gasteiger charge is 1.86. The fourth-order valence-corrected chi connectivity index (χ4v) is 0.506. The number of aromatic nitrogens is 3. The summed E-state index contributed by atoms with van der Waals surface area (Å²) in [5, 5.41) is 15.1. The Kier molecular flexibility index (Phi) is 1.95. The third-order valence-electron chi connectivity index (χ3n) is 0.716. The zero-order valence-electron chi connectivity index (χ0n) is 4.72. The first-order chi connectivity index (χ1) is 4.84. The Balaban J connectivity index is 2.95. The predicted molar refractivity (Wildman–Crippen MR) is 32.8 cm³/mol. The highest BCUT2D eigenvalue weighted by molar-refractivity contribution is 7.71. The fraction of sp³-hybridized carbons (Fsp3) is 0. The zero-order valence-corrected chi connectivity index (χ0v) is 5.54. The normalized spacial score (nSPS) is 10.4. The standard InChI is InChI=1S/C2H3N7S/c3-6-7-8-9-1-4-5-2(9)10/h1,3H,(H,5,10). The molecule has 0 aliphatic carbocycles. The summed E-state index contributed by atoms with van der Waals surface area (Å²) < 4.78 is 1.50. The minimum absolute atomic E-state index is 0.312. The first kappa shape index (κ1) is 6.68. The Morgan fingerprint density at radius 2 is 2.60 bits per heavy atom. The van der Waals surface area contributed by atoms with Crippen LogP contribution in [0.25, 0.3) is 0 Å². The van der Waals surface area contributed by atoms with E-state index in [-0.39, 0.29) is 0 Å². The molecule has 0 amide bonds. The van der Waals surface area contributed by atoms with E-state index in [1.54, 1.807) is 0 Å². The van der Waals surface area contributed by atoms with E-state index < -0.39 is 0 Å². The van der Waals surface area contributed by atoms with Crippen LogP contribution in [0.1, 0.15) is 0 Å². The molecule has 0 saturated carbocycles. The summed E-state index contributed by atoms with van der Waals surface area (Å²) in [6.45, 7) is 0. The molecule has 0 atom stereocenters. The molecule has 8 heteroatoms. The summed E-state index contributed by atoms with van der Waals surface area (Å²) in [6, 6.07) is 0. The van der Waals surface area contributed by atoms with Gasteiger partial charge in [-0.2, -0.15) is 15.3 Å². The molecule has 0 spiro atoms. The van der Waals surface area contributed by atoms with E-state index in [2.05, 4.69) is 38.1 Å². The number of H-pyrrole nitrogens is 1. The molecule has 1 aromatic heterocycles. The molecule has 0 bridgehead atoms. The van der Waals surface area contributed by atoms with Crippen LogP contribution >= 0.6 is 12.2 Å². The SMILES string of the molecule is N=NN=Nn1cn[nH]c1=S. The molecule has 1 aromatic rings. The van der Waals surface area contributed by atoms with Crippen molar-refractivity contribution in [1.29, 1.82) is 5.53 Å². The molecule has 0 radical (unpaired) electrons. The molecule has 1 rings (SSSR count). The van der Waals surface area contributed by atoms with Crippen LogP contribution in [0.15, 0.2) is 22.0 Å². The Morgan fingerprint density at radius 1 is 1.80 bits per heavy atom. The van der Waals surface area contributed by atoms with Crippen molar-refractivity contribution in [1.82, 2.24) is 14.9 Å². The second-order valence-corrected chi connectivity index (χ2v) is 1.67. The lowest BCUT2D eigenvalue weighted by Gasteiger charge is -1.80. The van der Waals surface area contributed by atoms with Gasteiger partial charge in [0.25, 0.3) is 0 Å². The van der Waals surface area contributed by atoms with Gasteiger partial charge in [0.2, 0.25) is 4.77 Å². The monoisotopic (exact) mass is 157 g/mol. The highest BCUT2D eigenvalue weighted by atomic mass is 32.1. The summed E-state index contributed by atoms with van der Waals surface area (Å²) >= 11 is 4.69. The van der Waals surface area contributed by atoms with E-state index in [1.807, 2.05) is 0 Å². The van der Waals surface area contributed by atoms with Crippen LogP contribution in [0.3, 0.4) is 0 Å². The van der Waals surface area contributed by atoms with Gasteiger partial charge in [-0.15, -0.1) is 0 Å². The molecule has 52 valence electrons. The molecule has 0 aromatic carbocycles. The summed E-state index contributed by atoms with van der Waals surface area (Å²) in [7, 11) is 0. The third kappa shape index (κ3) is 1.29. The van der Waals surface area contributed by atoms with Crippen LogP contribution in [0.2, 0.25) is 0 Å². The van der Waals surface area contributed by atoms with Gasteiger partial charge < -0.3 is 0 Å². The summed E-state index contributed by atoms with van der Waals surface area (Å²) in [6.07, 6.45) is 1.33. The number of hydrogen-bond donors (Lipinski definition) is 2. The van der Waals surface area contributed by atoms with Gasteiger partial charge in [-0.25, -0.2) is 0 Å². The minimum atomic E-state index is 0.312. The van der Waals surface area contributed by atoms with Crippen LogP contribution in [-0.2, 0) is 0 Å². The molecule has 0 saturated heterocycles. The minimum Gasteiger partial charge on any atom is -0.250 e. The molecular formula is C2H3N7S. The van der Waals surface area contributed by atoms with Gasteiger partial charge >= 0.3 is 0 Å². The van der Waals surface area contributed by atoms with E-state index in [0.717, 1.165) is 0 Å². The average Bonchev–Trinajstić information content (AvgIpc) is 2.31. The molecule has 2 N–H and O–H groups in total. The fourth-order valence-electron chi connectivity index (χ4n) is 0.369. The number of rotatable bonds is 2. The molecule has 0 unspecified atom stereocenters. The number of hydrogen-bond acceptors (Lipinski definition) is 4. The molecule has 7 nitrogen and oxygen atoms in total. The first-order valence-corrected chi connectivity index (χ1v) is 2.65. The van der Waals surface area contributed by atoms with Gasteiger partial charge in [-0.05, 0) is 27.9 Å². The Labute approximate surface area is 60.2 Å². The Hall–Kier alpha value is -1.44. The second kappa shape index (κ2) is 2.92. The van der Waals surface area contributed by atoms with Crippen molar-refractivity contribution in [3.8, 4) is 0 Å². The van der Waals surface area contributed by atoms with Crippen molar-refractivity contribution >= 4 is 12.2 Å². The van der Waals surface area contributed by atoms with Crippen molar-refractivity contribution in [2.45, 2.75) is 0 Å². The van der Waals surface area contributed by atoms with Crippen LogP contribution in [0, 0.1) is 10.3 Å². The maximum atomic E-state index is 6.26. The molecular weight excluding hydrogens is 154 g/mol. The van der Waals surface area contributed by atoms with Gasteiger partial charge in [0.15, 0.2) is 0 Å². The van der Waals surface area contributed by atoms with Crippen molar-refractivity contribution in [3.05, 3.63) is 11.1 Å². The smallest absolute Gasteiger partial charge is 0.217 e. The Morgan fingerprint density at radius 3 is 3.10 bits per heavy atom. The molecule has 0 aliphatic rings. The maximum absolute atomic E-state index is 6.26.